The summed E-state index contributed by atoms with van der Waals surface area (Å²) in [5.74, 6) is -0.130. The van der Waals surface area contributed by atoms with Gasteiger partial charge in [-0.15, -0.1) is 0 Å². The number of benzene rings is 1. The lowest BCUT2D eigenvalue weighted by Gasteiger charge is -2.01. The lowest BCUT2D eigenvalue weighted by atomic mass is 10.1. The summed E-state index contributed by atoms with van der Waals surface area (Å²) in [5.41, 5.74) is 0.896. The van der Waals surface area contributed by atoms with Gasteiger partial charge in [-0.05, 0) is 32.6 Å². The molecule has 0 saturated heterocycles. The van der Waals surface area contributed by atoms with E-state index < -0.39 is 0 Å². The van der Waals surface area contributed by atoms with Crippen LogP contribution in [-0.2, 0) is 16.0 Å². The molecule has 0 N–H and O–H groups in total. The molecule has 0 radical (unpaired) electrons. The van der Waals surface area contributed by atoms with Gasteiger partial charge in [0.1, 0.15) is 0 Å². The van der Waals surface area contributed by atoms with E-state index in [1.165, 1.54) is 6.07 Å². The van der Waals surface area contributed by atoms with Gasteiger partial charge in [0, 0.05) is 18.1 Å². The smallest absolute Gasteiger partial charge is 0.305 e. The van der Waals surface area contributed by atoms with Crippen molar-refractivity contribution in [1.82, 2.24) is 0 Å². The molecule has 0 bridgehead atoms. The van der Waals surface area contributed by atoms with Gasteiger partial charge in [-0.2, -0.15) is 0 Å². The Labute approximate surface area is 131 Å². The summed E-state index contributed by atoms with van der Waals surface area (Å²) in [6.45, 7) is 2.24. The van der Waals surface area contributed by atoms with Crippen LogP contribution in [0.4, 0.5) is 5.69 Å². The van der Waals surface area contributed by atoms with Crippen molar-refractivity contribution in [2.45, 2.75) is 45.4 Å². The lowest BCUT2D eigenvalue weighted by molar-refractivity contribution is -0.385. The minimum Gasteiger partial charge on any atom is -0.466 e. The number of allylic oxidation sites excluding steroid dienone is 2. The van der Waals surface area contributed by atoms with Gasteiger partial charge in [0.05, 0.1) is 11.5 Å². The number of carbonyl (C=O) groups excluding carboxylic acids is 1. The molecule has 0 aromatic heterocycles. The Morgan fingerprint density at radius 3 is 2.73 bits per heavy atom. The molecule has 1 aromatic rings. The van der Waals surface area contributed by atoms with Crippen molar-refractivity contribution >= 4 is 11.7 Å². The van der Waals surface area contributed by atoms with Crippen LogP contribution in [0.1, 0.15) is 44.6 Å². The molecule has 0 atom stereocenters. The van der Waals surface area contributed by atoms with Crippen LogP contribution in [0.25, 0.3) is 0 Å². The Bertz CT molecular complexity index is 511. The maximum absolute atomic E-state index is 11.1. The second-order valence-electron chi connectivity index (χ2n) is 4.97. The Hall–Kier alpha value is -2.17. The third-order valence-electron chi connectivity index (χ3n) is 3.25. The first kappa shape index (κ1) is 17.9. The zero-order chi connectivity index (χ0) is 16.2. The molecule has 0 aliphatic rings. The fourth-order valence-electron chi connectivity index (χ4n) is 2.13. The zero-order valence-electron chi connectivity index (χ0n) is 13.0. The van der Waals surface area contributed by atoms with Crippen molar-refractivity contribution in [3.63, 3.8) is 0 Å². The molecule has 1 rings (SSSR count). The summed E-state index contributed by atoms with van der Waals surface area (Å²) in [4.78, 5) is 21.7. The first-order chi connectivity index (χ1) is 10.6. The Morgan fingerprint density at radius 2 is 2.00 bits per heavy atom. The molecule has 0 spiro atoms. The quantitative estimate of drug-likeness (QED) is 0.213. The Balaban J connectivity index is 2.20. The molecule has 0 amide bonds. The minimum absolute atomic E-state index is 0.130. The number of ether oxygens (including phenoxy) is 1. The van der Waals surface area contributed by atoms with E-state index >= 15 is 0 Å². The van der Waals surface area contributed by atoms with Gasteiger partial charge in [0.15, 0.2) is 0 Å². The average Bonchev–Trinajstić information content (AvgIpc) is 2.50. The second-order valence-corrected chi connectivity index (χ2v) is 4.97. The van der Waals surface area contributed by atoms with Crippen LogP contribution in [0.15, 0.2) is 36.4 Å². The molecule has 0 aliphatic carbocycles. The molecule has 5 nitrogen and oxygen atoms in total. The van der Waals surface area contributed by atoms with Crippen LogP contribution in [0, 0.1) is 10.1 Å². The van der Waals surface area contributed by atoms with Crippen LogP contribution in [0.2, 0.25) is 0 Å². The fourth-order valence-corrected chi connectivity index (χ4v) is 2.13. The van der Waals surface area contributed by atoms with E-state index in [0.717, 1.165) is 31.2 Å². The molecular formula is C17H23NO4. The maximum Gasteiger partial charge on any atom is 0.305 e. The summed E-state index contributed by atoms with van der Waals surface area (Å²) in [7, 11) is 0. The van der Waals surface area contributed by atoms with E-state index in [4.69, 9.17) is 4.74 Å². The van der Waals surface area contributed by atoms with Crippen LogP contribution < -0.4 is 0 Å². The van der Waals surface area contributed by atoms with E-state index in [1.54, 1.807) is 19.1 Å². The van der Waals surface area contributed by atoms with Crippen molar-refractivity contribution in [3.05, 3.63) is 52.1 Å². The van der Waals surface area contributed by atoms with Gasteiger partial charge in [-0.1, -0.05) is 36.8 Å². The number of esters is 1. The van der Waals surface area contributed by atoms with Gasteiger partial charge in [-0.3, -0.25) is 14.9 Å². The number of nitro groups is 1. The third-order valence-corrected chi connectivity index (χ3v) is 3.25. The topological polar surface area (TPSA) is 69.4 Å². The normalized spacial score (nSPS) is 10.8. The highest BCUT2D eigenvalue weighted by Gasteiger charge is 2.09. The molecule has 0 unspecified atom stereocenters. The first-order valence-corrected chi connectivity index (χ1v) is 7.68. The number of nitrogens with zero attached hydrogens (tertiary/aromatic N) is 1. The highest BCUT2D eigenvalue weighted by atomic mass is 16.6. The number of nitro benzene ring substituents is 1. The molecule has 5 heteroatoms. The second kappa shape index (κ2) is 10.5. The maximum atomic E-state index is 11.1. The Kier molecular flexibility index (Phi) is 8.57. The third kappa shape index (κ3) is 7.02. The molecule has 1 aromatic carbocycles. The Morgan fingerprint density at radius 1 is 1.23 bits per heavy atom. The summed E-state index contributed by atoms with van der Waals surface area (Å²) in [5, 5.41) is 10.9. The van der Waals surface area contributed by atoms with E-state index in [0.29, 0.717) is 19.4 Å². The predicted molar refractivity (Wildman–Crippen MR) is 85.7 cm³/mol. The largest absolute Gasteiger partial charge is 0.466 e. The van der Waals surface area contributed by atoms with Crippen molar-refractivity contribution in [2.24, 2.45) is 0 Å². The number of unbranched alkanes of at least 4 members (excludes halogenated alkanes) is 3. The van der Waals surface area contributed by atoms with Gasteiger partial charge in [0.2, 0.25) is 0 Å². The van der Waals surface area contributed by atoms with Crippen molar-refractivity contribution in [2.75, 3.05) is 6.61 Å². The van der Waals surface area contributed by atoms with Crippen LogP contribution in [0.5, 0.6) is 0 Å². The van der Waals surface area contributed by atoms with Crippen LogP contribution in [0.3, 0.4) is 0 Å². The van der Waals surface area contributed by atoms with E-state index in [9.17, 15) is 14.9 Å². The van der Waals surface area contributed by atoms with Gasteiger partial charge >= 0.3 is 5.97 Å². The minimum atomic E-state index is -0.349. The number of hydrogen-bond donors (Lipinski definition) is 0. The highest BCUT2D eigenvalue weighted by Crippen LogP contribution is 2.18. The van der Waals surface area contributed by atoms with Crippen molar-refractivity contribution in [3.8, 4) is 0 Å². The molecule has 0 aliphatic heterocycles. The summed E-state index contributed by atoms with van der Waals surface area (Å²) < 4.78 is 4.86. The fraction of sp³-hybridized carbons (Fsp3) is 0.471. The molecule has 0 fully saturated rings. The van der Waals surface area contributed by atoms with E-state index in [2.05, 4.69) is 0 Å². The van der Waals surface area contributed by atoms with E-state index in [1.807, 2.05) is 18.2 Å². The van der Waals surface area contributed by atoms with Crippen LogP contribution >= 0.6 is 0 Å². The van der Waals surface area contributed by atoms with Crippen molar-refractivity contribution in [1.29, 1.82) is 0 Å². The molecule has 120 valence electrons. The lowest BCUT2D eigenvalue weighted by Crippen LogP contribution is -2.02. The zero-order valence-corrected chi connectivity index (χ0v) is 13.0. The molecule has 0 saturated carbocycles. The molecular weight excluding hydrogens is 282 g/mol. The van der Waals surface area contributed by atoms with Crippen molar-refractivity contribution < 1.29 is 14.5 Å². The number of para-hydroxylation sites is 1. The number of rotatable bonds is 10. The monoisotopic (exact) mass is 305 g/mol. The average molecular weight is 305 g/mol. The molecule has 22 heavy (non-hydrogen) atoms. The van der Waals surface area contributed by atoms with Gasteiger partial charge in [-0.25, -0.2) is 0 Å². The number of hydrogen-bond acceptors (Lipinski definition) is 4. The summed E-state index contributed by atoms with van der Waals surface area (Å²) in [6.07, 6.45) is 8.81. The van der Waals surface area contributed by atoms with Gasteiger partial charge < -0.3 is 4.74 Å². The number of carbonyl (C=O) groups is 1. The summed E-state index contributed by atoms with van der Waals surface area (Å²) >= 11 is 0. The van der Waals surface area contributed by atoms with Crippen LogP contribution in [-0.4, -0.2) is 17.5 Å². The predicted octanol–water partition coefficient (Wildman–Crippen LogP) is 4.21. The highest BCUT2D eigenvalue weighted by molar-refractivity contribution is 5.69. The first-order valence-electron chi connectivity index (χ1n) is 7.68. The van der Waals surface area contributed by atoms with Gasteiger partial charge in [0.25, 0.3) is 5.69 Å². The SMILES string of the molecule is CCOC(=O)CCCCC/C=C\Cc1ccccc1[N+](=O)[O-]. The summed E-state index contributed by atoms with van der Waals surface area (Å²) in [6, 6.07) is 6.79. The van der Waals surface area contributed by atoms with E-state index in [-0.39, 0.29) is 16.6 Å². The molecule has 0 heterocycles. The standard InChI is InChI=1S/C17H23NO4/c1-2-22-17(19)14-8-6-4-3-5-7-11-15-12-9-10-13-16(15)18(20)21/h5,7,9-10,12-13H,2-4,6,8,11,14H2,1H3/b7-5-.